The summed E-state index contributed by atoms with van der Waals surface area (Å²) in [7, 11) is 0. The molecule has 0 unspecified atom stereocenters. The van der Waals surface area contributed by atoms with E-state index in [-0.39, 0.29) is 103 Å². The van der Waals surface area contributed by atoms with Gasteiger partial charge in [-0.1, -0.05) is 0 Å². The molecule has 9 heavy (non-hydrogen) atoms. The van der Waals surface area contributed by atoms with Gasteiger partial charge in [-0.2, -0.15) is 0 Å². The van der Waals surface area contributed by atoms with Crippen molar-refractivity contribution in [2.45, 2.75) is 0 Å². The second-order valence-corrected chi connectivity index (χ2v) is 0. The average molecular weight is 199 g/mol. The van der Waals surface area contributed by atoms with Crippen LogP contribution in [0.2, 0.25) is 0 Å². The van der Waals surface area contributed by atoms with Crippen LogP contribution >= 0.6 is 0 Å². The molecule has 0 bridgehead atoms. The predicted octanol–water partition coefficient (Wildman–Crippen LogP) is -14.9. The van der Waals surface area contributed by atoms with Crippen molar-refractivity contribution in [3.63, 3.8) is 0 Å². The minimum Gasteiger partial charge on any atom is -1.00 e. The standard InChI is InChI=1S/Al.6FH.K.H3N/h;6*1H;;1H3/q+3;;;;;;;+1;/p-4. The van der Waals surface area contributed by atoms with Crippen molar-refractivity contribution in [3.8, 4) is 0 Å². The molecule has 1 nitrogen and oxygen atoms in total. The second kappa shape index (κ2) is 252. The molecule has 0 rings (SSSR count). The summed E-state index contributed by atoms with van der Waals surface area (Å²) in [5, 5.41) is 0. The quantitative estimate of drug-likeness (QED) is 0.305. The number of rotatable bonds is 0. The summed E-state index contributed by atoms with van der Waals surface area (Å²) < 4.78 is 0. The largest absolute Gasteiger partial charge is 3.00 e. The van der Waals surface area contributed by atoms with Gasteiger partial charge in [0, 0.05) is 0 Å². The van der Waals surface area contributed by atoms with E-state index < -0.39 is 0 Å². The average Bonchev–Trinajstić information content (AvgIpc) is 0. The fraction of sp³-hybridized carbons (Fsp3) is 0. The van der Waals surface area contributed by atoms with Gasteiger partial charge in [0.2, 0.25) is 0 Å². The molecule has 0 heterocycles. The van der Waals surface area contributed by atoms with Gasteiger partial charge in [-0.05, 0) is 0 Å². The van der Waals surface area contributed by atoms with Crippen molar-refractivity contribution in [2.24, 2.45) is 0 Å². The summed E-state index contributed by atoms with van der Waals surface area (Å²) in [6.45, 7) is 0. The van der Waals surface area contributed by atoms with Gasteiger partial charge in [0.15, 0.2) is 0 Å². The molecule has 0 saturated carbocycles. The van der Waals surface area contributed by atoms with Crippen LogP contribution in [0, 0.1) is 0 Å². The molecule has 0 fully saturated rings. The monoisotopic (exact) mass is 199 g/mol. The maximum atomic E-state index is 0. The Morgan fingerprint density at radius 1 is 0.556 bits per heavy atom. The van der Waals surface area contributed by atoms with Crippen molar-refractivity contribution in [2.75, 3.05) is 0 Å². The third-order valence-corrected chi connectivity index (χ3v) is 0. The van der Waals surface area contributed by atoms with Gasteiger partial charge in [0.05, 0.1) is 0 Å². The van der Waals surface area contributed by atoms with Gasteiger partial charge in [-0.25, -0.2) is 0 Å². The third-order valence-electron chi connectivity index (χ3n) is 0. The van der Waals surface area contributed by atoms with Crippen molar-refractivity contribution in [1.29, 1.82) is 0 Å². The SMILES string of the molecule is F.F.N.[Al+3].[F-].[F-].[F-].[F-].[K+]. The van der Waals surface area contributed by atoms with Crippen LogP contribution in [-0.2, 0) is 0 Å². The fourth-order valence-electron chi connectivity index (χ4n) is 0. The minimum absolute atomic E-state index is 0. The molecule has 0 aliphatic carbocycles. The summed E-state index contributed by atoms with van der Waals surface area (Å²) in [5.74, 6) is 0. The summed E-state index contributed by atoms with van der Waals surface area (Å²) >= 11 is 0. The second-order valence-electron chi connectivity index (χ2n) is 0. The zero-order valence-corrected chi connectivity index (χ0v) is 8.89. The minimum atomic E-state index is 0. The molecule has 3 N–H and O–H groups in total. The van der Waals surface area contributed by atoms with E-state index in [9.17, 15) is 0 Å². The van der Waals surface area contributed by atoms with Gasteiger partial charge in [0.1, 0.15) is 0 Å². The molecule has 0 aliphatic rings. The van der Waals surface area contributed by atoms with Crippen LogP contribution < -0.4 is 76.4 Å². The maximum Gasteiger partial charge on any atom is 3.00 e. The molecule has 0 amide bonds. The zero-order chi connectivity index (χ0) is 0. The topological polar surface area (TPSA) is 35.0 Å². The van der Waals surface area contributed by atoms with E-state index in [1.807, 2.05) is 0 Å². The molecule has 0 aromatic heterocycles. The summed E-state index contributed by atoms with van der Waals surface area (Å²) in [6.07, 6.45) is 0. The first-order valence-corrected chi connectivity index (χ1v) is 0. The van der Waals surface area contributed by atoms with E-state index in [0.29, 0.717) is 0 Å². The Balaban J connectivity index is 0. The van der Waals surface area contributed by atoms with Crippen molar-refractivity contribution >= 4 is 17.4 Å². The van der Waals surface area contributed by atoms with Gasteiger partial charge in [-0.3, -0.25) is 9.41 Å². The Kier molecular flexibility index (Phi) is 9690. The van der Waals surface area contributed by atoms with E-state index in [0.717, 1.165) is 0 Å². The number of hydrogen-bond donors (Lipinski definition) is 1. The molecular weight excluding hydrogens is 194 g/mol. The molecule has 0 aliphatic heterocycles. The third kappa shape index (κ3) is 198. The van der Waals surface area contributed by atoms with Crippen molar-refractivity contribution in [1.82, 2.24) is 6.15 Å². The molecule has 0 saturated heterocycles. The van der Waals surface area contributed by atoms with E-state index in [4.69, 9.17) is 0 Å². The van der Waals surface area contributed by atoms with Crippen molar-refractivity contribution in [3.05, 3.63) is 0 Å². The van der Waals surface area contributed by atoms with Gasteiger partial charge in [0.25, 0.3) is 0 Å². The van der Waals surface area contributed by atoms with Crippen LogP contribution in [0.15, 0.2) is 0 Å². The van der Waals surface area contributed by atoms with Crippen LogP contribution in [0.25, 0.3) is 0 Å². The summed E-state index contributed by atoms with van der Waals surface area (Å²) in [6, 6.07) is 0. The number of halogens is 6. The maximum absolute atomic E-state index is 0. The Morgan fingerprint density at radius 2 is 0.556 bits per heavy atom. The molecule has 0 spiro atoms. The van der Waals surface area contributed by atoms with Crippen LogP contribution in [-0.4, -0.2) is 17.4 Å². The zero-order valence-electron chi connectivity index (χ0n) is 4.61. The van der Waals surface area contributed by atoms with Gasteiger partial charge >= 0.3 is 68.7 Å². The van der Waals surface area contributed by atoms with Crippen LogP contribution in [0.4, 0.5) is 9.41 Å². The Hall–Kier alpha value is 1.71. The van der Waals surface area contributed by atoms with Crippen LogP contribution in [0.5, 0.6) is 0 Å². The molecule has 0 aromatic carbocycles. The van der Waals surface area contributed by atoms with Crippen LogP contribution in [0.1, 0.15) is 0 Å². The smallest absolute Gasteiger partial charge is 1.00 e. The number of hydrogen-bond acceptors (Lipinski definition) is 1. The summed E-state index contributed by atoms with van der Waals surface area (Å²) in [5.41, 5.74) is 0. The molecule has 0 aromatic rings. The first kappa shape index (κ1) is 346. The first-order valence-electron chi connectivity index (χ1n) is 0. The van der Waals surface area contributed by atoms with Crippen LogP contribution in [0.3, 0.4) is 0 Å². The van der Waals surface area contributed by atoms with E-state index >= 15 is 0 Å². The summed E-state index contributed by atoms with van der Waals surface area (Å²) in [4.78, 5) is 0. The fourth-order valence-corrected chi connectivity index (χ4v) is 0. The molecule has 9 heteroatoms. The normalized spacial score (nSPS) is 0. The Bertz CT molecular complexity index is 13.0. The Labute approximate surface area is 102 Å². The van der Waals surface area contributed by atoms with E-state index in [1.54, 1.807) is 0 Å². The van der Waals surface area contributed by atoms with Gasteiger partial charge in [-0.15, -0.1) is 0 Å². The first-order chi connectivity index (χ1) is 0. The van der Waals surface area contributed by atoms with Gasteiger partial charge < -0.3 is 25.0 Å². The van der Waals surface area contributed by atoms with E-state index in [2.05, 4.69) is 0 Å². The Morgan fingerprint density at radius 3 is 0.556 bits per heavy atom. The molecular formula is H5AlF6KN. The molecule has 0 atom stereocenters. The van der Waals surface area contributed by atoms with Crippen molar-refractivity contribution < 1.29 is 79.6 Å². The molecule has 0 radical (unpaired) electrons. The molecule has 56 valence electrons. The van der Waals surface area contributed by atoms with E-state index in [1.165, 1.54) is 0 Å². The predicted molar refractivity (Wildman–Crippen MR) is 15.8 cm³/mol.